The molecule has 2 N–H and O–H groups in total. The third-order valence-electron chi connectivity index (χ3n) is 5.87. The summed E-state index contributed by atoms with van der Waals surface area (Å²) in [6.45, 7) is 4.38. The van der Waals surface area contributed by atoms with E-state index in [9.17, 15) is 17.6 Å². The molecule has 0 radical (unpaired) electrons. The number of nitrogens with one attached hydrogen (secondary N) is 1. The van der Waals surface area contributed by atoms with Crippen LogP contribution in [0.25, 0.3) is 11.0 Å². The van der Waals surface area contributed by atoms with Crippen molar-refractivity contribution in [3.63, 3.8) is 0 Å². The number of aliphatic carboxylic acids is 1. The van der Waals surface area contributed by atoms with Gasteiger partial charge in [-0.1, -0.05) is 35.9 Å². The largest absolute Gasteiger partial charge is 0.490 e. The minimum absolute atomic E-state index is 0.267. The van der Waals surface area contributed by atoms with Crippen LogP contribution in [0.3, 0.4) is 0 Å². The molecule has 204 valence electrons. The highest BCUT2D eigenvalue weighted by Gasteiger charge is 2.38. The van der Waals surface area contributed by atoms with Crippen LogP contribution < -0.4 is 10.2 Å². The van der Waals surface area contributed by atoms with Crippen LogP contribution in [0, 0.1) is 5.82 Å². The van der Waals surface area contributed by atoms with E-state index in [2.05, 4.69) is 21.2 Å². The third-order valence-corrected chi connectivity index (χ3v) is 6.10. The monoisotopic (exact) mass is 561 g/mol. The SMILES string of the molecule is Fc1ccc(Nc2nc3ccccc3nc2N2CCN(Cc3cccc(Cl)c3)CC2)cc1.O=C(O)C(F)(F)F. The first kappa shape index (κ1) is 28.1. The average molecular weight is 562 g/mol. The Hall–Kier alpha value is -3.96. The van der Waals surface area contributed by atoms with E-state index < -0.39 is 12.1 Å². The number of hydrogen-bond donors (Lipinski definition) is 2. The molecule has 3 aromatic carbocycles. The second-order valence-corrected chi connectivity index (χ2v) is 9.15. The molecule has 1 fully saturated rings. The number of carbonyl (C=O) groups is 1. The van der Waals surface area contributed by atoms with E-state index in [0.717, 1.165) is 60.3 Å². The molecule has 0 spiro atoms. The molecule has 4 aromatic rings. The Kier molecular flexibility index (Phi) is 8.82. The quantitative estimate of drug-likeness (QED) is 0.284. The first-order valence-corrected chi connectivity index (χ1v) is 12.3. The Labute approximate surface area is 226 Å². The van der Waals surface area contributed by atoms with Crippen molar-refractivity contribution < 1.29 is 27.5 Å². The van der Waals surface area contributed by atoms with Gasteiger partial charge in [0.25, 0.3) is 0 Å². The summed E-state index contributed by atoms with van der Waals surface area (Å²) in [5.41, 5.74) is 3.67. The number of alkyl halides is 3. The van der Waals surface area contributed by atoms with Crippen LogP contribution in [0.4, 0.5) is 34.9 Å². The van der Waals surface area contributed by atoms with Crippen molar-refractivity contribution in [3.8, 4) is 0 Å². The molecule has 0 amide bonds. The normalized spacial score (nSPS) is 14.0. The molecule has 39 heavy (non-hydrogen) atoms. The first-order valence-electron chi connectivity index (χ1n) is 11.9. The Morgan fingerprint density at radius 1 is 0.923 bits per heavy atom. The molecule has 7 nitrogen and oxygen atoms in total. The zero-order valence-electron chi connectivity index (χ0n) is 20.5. The van der Waals surface area contributed by atoms with Crippen LogP contribution in [-0.4, -0.2) is 58.3 Å². The fourth-order valence-corrected chi connectivity index (χ4v) is 4.19. The van der Waals surface area contributed by atoms with Crippen molar-refractivity contribution in [2.75, 3.05) is 36.4 Å². The van der Waals surface area contributed by atoms with Gasteiger partial charge in [-0.2, -0.15) is 13.2 Å². The highest BCUT2D eigenvalue weighted by Crippen LogP contribution is 2.29. The topological polar surface area (TPSA) is 81.6 Å². The number of nitrogens with zero attached hydrogens (tertiary/aromatic N) is 4. The highest BCUT2D eigenvalue weighted by atomic mass is 35.5. The van der Waals surface area contributed by atoms with Gasteiger partial charge in [-0.3, -0.25) is 4.90 Å². The second-order valence-electron chi connectivity index (χ2n) is 8.71. The molecule has 12 heteroatoms. The Balaban J connectivity index is 0.000000448. The fourth-order valence-electron chi connectivity index (χ4n) is 3.98. The number of carboxylic acid groups (broad SMARTS) is 1. The van der Waals surface area contributed by atoms with E-state index in [0.29, 0.717) is 5.82 Å². The van der Waals surface area contributed by atoms with Crippen LogP contribution in [0.5, 0.6) is 0 Å². The van der Waals surface area contributed by atoms with Gasteiger partial charge in [0, 0.05) is 43.4 Å². The molecule has 1 aromatic heterocycles. The molecule has 1 saturated heterocycles. The van der Waals surface area contributed by atoms with Gasteiger partial charge in [0.15, 0.2) is 11.6 Å². The van der Waals surface area contributed by atoms with E-state index in [1.807, 2.05) is 42.5 Å². The van der Waals surface area contributed by atoms with Crippen molar-refractivity contribution in [1.82, 2.24) is 14.9 Å². The summed E-state index contributed by atoms with van der Waals surface area (Å²) < 4.78 is 45.1. The predicted octanol–water partition coefficient (Wildman–Crippen LogP) is 6.12. The maximum Gasteiger partial charge on any atom is 0.490 e. The lowest BCUT2D eigenvalue weighted by Gasteiger charge is -2.36. The van der Waals surface area contributed by atoms with Gasteiger partial charge in [0.05, 0.1) is 11.0 Å². The van der Waals surface area contributed by atoms with Gasteiger partial charge in [-0.15, -0.1) is 0 Å². The molecule has 0 unspecified atom stereocenters. The van der Waals surface area contributed by atoms with Crippen LogP contribution >= 0.6 is 11.6 Å². The first-order chi connectivity index (χ1) is 18.6. The zero-order valence-corrected chi connectivity index (χ0v) is 21.3. The summed E-state index contributed by atoms with van der Waals surface area (Å²) in [6.07, 6.45) is -5.08. The number of aromatic nitrogens is 2. The van der Waals surface area contributed by atoms with Gasteiger partial charge < -0.3 is 15.3 Å². The molecule has 0 bridgehead atoms. The van der Waals surface area contributed by atoms with Gasteiger partial charge in [-0.25, -0.2) is 19.2 Å². The van der Waals surface area contributed by atoms with E-state index in [-0.39, 0.29) is 5.82 Å². The van der Waals surface area contributed by atoms with Crippen LogP contribution in [-0.2, 0) is 11.3 Å². The van der Waals surface area contributed by atoms with Gasteiger partial charge in [0.2, 0.25) is 0 Å². The van der Waals surface area contributed by atoms with Gasteiger partial charge in [-0.05, 0) is 54.1 Å². The van der Waals surface area contributed by atoms with Crippen molar-refractivity contribution in [2.24, 2.45) is 0 Å². The number of rotatable bonds is 5. The summed E-state index contributed by atoms with van der Waals surface area (Å²) in [5, 5.41) is 11.2. The minimum atomic E-state index is -5.08. The number of carboxylic acids is 1. The molecule has 0 aliphatic carbocycles. The summed E-state index contributed by atoms with van der Waals surface area (Å²) in [4.78, 5) is 23.3. The average Bonchev–Trinajstić information content (AvgIpc) is 2.90. The number of fused-ring (bicyclic) bond motifs is 1. The summed E-state index contributed by atoms with van der Waals surface area (Å²) in [6, 6.07) is 22.2. The number of para-hydroxylation sites is 2. The molecule has 0 atom stereocenters. The molecule has 1 aliphatic heterocycles. The van der Waals surface area contributed by atoms with Gasteiger partial charge >= 0.3 is 12.1 Å². The molecular formula is C27H24ClF4N5O2. The molecular weight excluding hydrogens is 538 g/mol. The molecule has 5 rings (SSSR count). The van der Waals surface area contributed by atoms with Crippen molar-refractivity contribution in [1.29, 1.82) is 0 Å². The van der Waals surface area contributed by atoms with E-state index in [1.54, 1.807) is 12.1 Å². The highest BCUT2D eigenvalue weighted by molar-refractivity contribution is 6.30. The van der Waals surface area contributed by atoms with Crippen molar-refractivity contribution in [3.05, 3.63) is 89.2 Å². The fraction of sp³-hybridized carbons (Fsp3) is 0.222. The number of piperazine rings is 1. The maximum absolute atomic E-state index is 13.3. The van der Waals surface area contributed by atoms with Crippen LogP contribution in [0.1, 0.15) is 5.56 Å². The Bertz CT molecular complexity index is 1430. The second kappa shape index (κ2) is 12.3. The lowest BCUT2D eigenvalue weighted by Crippen LogP contribution is -2.46. The van der Waals surface area contributed by atoms with E-state index >= 15 is 0 Å². The Morgan fingerprint density at radius 2 is 1.54 bits per heavy atom. The molecule has 1 aliphatic rings. The van der Waals surface area contributed by atoms with E-state index in [4.69, 9.17) is 31.5 Å². The van der Waals surface area contributed by atoms with Gasteiger partial charge in [0.1, 0.15) is 5.82 Å². The smallest absolute Gasteiger partial charge is 0.475 e. The number of benzene rings is 3. The van der Waals surface area contributed by atoms with E-state index in [1.165, 1.54) is 17.7 Å². The third kappa shape index (κ3) is 7.78. The molecule has 0 saturated carbocycles. The standard InChI is InChI=1S/C25H23ClFN5.C2HF3O2/c26-19-5-3-4-18(16-19)17-31-12-14-32(15-13-31)25-24(28-21-10-8-20(27)9-11-21)29-22-6-1-2-7-23(22)30-25;3-2(4,5)1(6)7/h1-11,16H,12-15,17H2,(H,28,29);(H,6,7). The lowest BCUT2D eigenvalue weighted by atomic mass is 10.2. The predicted molar refractivity (Wildman–Crippen MR) is 142 cm³/mol. The Morgan fingerprint density at radius 3 is 2.13 bits per heavy atom. The number of hydrogen-bond acceptors (Lipinski definition) is 6. The molecule has 2 heterocycles. The van der Waals surface area contributed by atoms with Crippen LogP contribution in [0.15, 0.2) is 72.8 Å². The summed E-state index contributed by atoms with van der Waals surface area (Å²) in [5.74, 6) is -1.53. The number of anilines is 3. The number of halogens is 5. The lowest BCUT2D eigenvalue weighted by molar-refractivity contribution is -0.192. The van der Waals surface area contributed by atoms with Crippen LogP contribution in [0.2, 0.25) is 5.02 Å². The van der Waals surface area contributed by atoms with Crippen molar-refractivity contribution >= 4 is 45.9 Å². The van der Waals surface area contributed by atoms with Crippen molar-refractivity contribution in [2.45, 2.75) is 12.7 Å². The maximum atomic E-state index is 13.3. The summed E-state index contributed by atoms with van der Waals surface area (Å²) in [7, 11) is 0. The minimum Gasteiger partial charge on any atom is -0.475 e. The zero-order chi connectivity index (χ0) is 28.0. The summed E-state index contributed by atoms with van der Waals surface area (Å²) >= 11 is 6.14.